The van der Waals surface area contributed by atoms with Crippen molar-refractivity contribution in [1.82, 2.24) is 5.32 Å². The van der Waals surface area contributed by atoms with Crippen molar-refractivity contribution in [3.05, 3.63) is 72.9 Å². The van der Waals surface area contributed by atoms with Crippen molar-refractivity contribution in [1.29, 1.82) is 0 Å². The maximum Gasteiger partial charge on any atom is 0.220 e. The van der Waals surface area contributed by atoms with Gasteiger partial charge in [-0.25, -0.2) is 0 Å². The van der Waals surface area contributed by atoms with Gasteiger partial charge >= 0.3 is 0 Å². The van der Waals surface area contributed by atoms with Crippen LogP contribution in [0.15, 0.2) is 72.9 Å². The number of hydrogen-bond donors (Lipinski definition) is 3. The Morgan fingerprint density at radius 2 is 0.772 bits per heavy atom. The van der Waals surface area contributed by atoms with Crippen molar-refractivity contribution in [2.24, 2.45) is 0 Å². The monoisotopic (exact) mass is 794 g/mol. The van der Waals surface area contributed by atoms with E-state index in [0.29, 0.717) is 6.42 Å². The summed E-state index contributed by atoms with van der Waals surface area (Å²) in [5, 5.41) is 23.1. The molecule has 1 amide bonds. The molecule has 4 heteroatoms. The molecule has 2 atom stereocenters. The van der Waals surface area contributed by atoms with Gasteiger partial charge in [-0.3, -0.25) is 4.79 Å². The van der Waals surface area contributed by atoms with Crippen LogP contribution in [0, 0.1) is 0 Å². The summed E-state index contributed by atoms with van der Waals surface area (Å²) in [4.78, 5) is 12.4. The summed E-state index contributed by atoms with van der Waals surface area (Å²) >= 11 is 0. The zero-order chi connectivity index (χ0) is 41.4. The Bertz CT molecular complexity index is 992. The first-order chi connectivity index (χ1) is 28.2. The van der Waals surface area contributed by atoms with Gasteiger partial charge in [0.05, 0.1) is 18.8 Å². The largest absolute Gasteiger partial charge is 0.394 e. The predicted molar refractivity (Wildman–Crippen MR) is 253 cm³/mol. The van der Waals surface area contributed by atoms with Crippen LogP contribution >= 0.6 is 0 Å². The van der Waals surface area contributed by atoms with E-state index in [-0.39, 0.29) is 12.5 Å². The molecule has 0 bridgehead atoms. The number of aliphatic hydroxyl groups excluding tert-OH is 2. The zero-order valence-electron chi connectivity index (χ0n) is 37.8. The molecule has 330 valence electrons. The van der Waals surface area contributed by atoms with E-state index in [4.69, 9.17) is 0 Å². The molecule has 0 fully saturated rings. The minimum Gasteiger partial charge on any atom is -0.394 e. The highest BCUT2D eigenvalue weighted by Gasteiger charge is 2.17. The second kappa shape index (κ2) is 48.2. The summed E-state index contributed by atoms with van der Waals surface area (Å²) in [7, 11) is 0. The fourth-order valence-corrected chi connectivity index (χ4v) is 7.21. The first-order valence-electron chi connectivity index (χ1n) is 24.7. The first-order valence-corrected chi connectivity index (χ1v) is 24.7. The summed E-state index contributed by atoms with van der Waals surface area (Å²) in [6.07, 6.45) is 68.9. The van der Waals surface area contributed by atoms with Crippen LogP contribution in [0.4, 0.5) is 0 Å². The van der Waals surface area contributed by atoms with Crippen LogP contribution in [0.3, 0.4) is 0 Å². The van der Waals surface area contributed by atoms with Gasteiger partial charge in [0.15, 0.2) is 0 Å². The SMILES string of the molecule is CC/C=C\C/C=C\C/C=C\C/C=C\C/C=C\CCCCCC(=O)NC(CO)C(O)/C=C/CCCCCCCCCCCCCCCCCCCCCCCCCC. The Morgan fingerprint density at radius 3 is 1.16 bits per heavy atom. The minimum atomic E-state index is -0.858. The van der Waals surface area contributed by atoms with Gasteiger partial charge in [0.2, 0.25) is 5.91 Å². The number of nitrogens with one attached hydrogen (secondary N) is 1. The fourth-order valence-electron chi connectivity index (χ4n) is 7.21. The van der Waals surface area contributed by atoms with Gasteiger partial charge in [-0.05, 0) is 64.2 Å². The molecule has 4 nitrogen and oxygen atoms in total. The minimum absolute atomic E-state index is 0.0959. The number of carbonyl (C=O) groups is 1. The van der Waals surface area contributed by atoms with E-state index in [9.17, 15) is 15.0 Å². The molecule has 0 aliphatic carbocycles. The van der Waals surface area contributed by atoms with Gasteiger partial charge < -0.3 is 15.5 Å². The van der Waals surface area contributed by atoms with Crippen LogP contribution in [0.5, 0.6) is 0 Å². The predicted octanol–water partition coefficient (Wildman–Crippen LogP) is 15.9. The number of unbranched alkanes of at least 4 members (excludes halogenated alkanes) is 27. The third-order valence-electron chi connectivity index (χ3n) is 10.9. The second-order valence-corrected chi connectivity index (χ2v) is 16.5. The van der Waals surface area contributed by atoms with Gasteiger partial charge in [-0.15, -0.1) is 0 Å². The van der Waals surface area contributed by atoms with Crippen molar-refractivity contribution in [3.63, 3.8) is 0 Å². The lowest BCUT2D eigenvalue weighted by Crippen LogP contribution is -2.45. The number of allylic oxidation sites excluding steroid dienone is 11. The molecule has 0 aromatic rings. The van der Waals surface area contributed by atoms with Crippen LogP contribution < -0.4 is 5.32 Å². The average Bonchev–Trinajstić information content (AvgIpc) is 3.22. The van der Waals surface area contributed by atoms with Crippen LogP contribution in [0.1, 0.15) is 239 Å². The molecule has 0 rings (SSSR count). The fraction of sp³-hybridized carbons (Fsp3) is 0.755. The first kappa shape index (κ1) is 54.8. The summed E-state index contributed by atoms with van der Waals surface area (Å²) in [6, 6.07) is -0.644. The van der Waals surface area contributed by atoms with E-state index in [2.05, 4.69) is 79.9 Å². The molecule has 0 saturated carbocycles. The molecular formula is C53H95NO3. The van der Waals surface area contributed by atoms with Crippen LogP contribution in [0.25, 0.3) is 0 Å². The molecule has 57 heavy (non-hydrogen) atoms. The van der Waals surface area contributed by atoms with E-state index in [1.807, 2.05) is 6.08 Å². The van der Waals surface area contributed by atoms with Crippen molar-refractivity contribution in [2.75, 3.05) is 6.61 Å². The molecular weight excluding hydrogens is 699 g/mol. The lowest BCUT2D eigenvalue weighted by molar-refractivity contribution is -0.123. The molecule has 0 aliphatic heterocycles. The highest BCUT2D eigenvalue weighted by atomic mass is 16.3. The molecule has 0 aromatic heterocycles. The molecule has 0 aromatic carbocycles. The Hall–Kier alpha value is -2.17. The zero-order valence-corrected chi connectivity index (χ0v) is 37.8. The molecule has 2 unspecified atom stereocenters. The standard InChI is InChI=1S/C53H95NO3/c1-3-5-7-9-11-13-15-17-19-21-23-24-25-26-27-28-29-31-32-34-36-38-40-42-44-46-48-52(56)51(50-55)54-53(57)49-47-45-43-41-39-37-35-33-30-22-20-18-16-14-12-10-8-6-4-2/h6,8,12,14,18,20,30,33,37,39,46,48,51-52,55-56H,3-5,7,9-11,13,15-17,19,21-29,31-32,34-36,38,40-45,47,49-50H2,1-2H3,(H,54,57)/b8-6-,14-12-,20-18-,33-30-,39-37-,48-46+. The highest BCUT2D eigenvalue weighted by Crippen LogP contribution is 2.16. The maximum atomic E-state index is 12.4. The Kier molecular flexibility index (Phi) is 46.4. The molecule has 0 radical (unpaired) electrons. The van der Waals surface area contributed by atoms with Crippen molar-refractivity contribution in [3.8, 4) is 0 Å². The maximum absolute atomic E-state index is 12.4. The molecule has 0 aliphatic rings. The third kappa shape index (κ3) is 44.8. The molecule has 3 N–H and O–H groups in total. The molecule has 0 spiro atoms. The summed E-state index contributed by atoms with van der Waals surface area (Å²) in [6.45, 7) is 4.19. The van der Waals surface area contributed by atoms with Crippen molar-refractivity contribution < 1.29 is 15.0 Å². The van der Waals surface area contributed by atoms with Gasteiger partial charge in [-0.1, -0.05) is 241 Å². The van der Waals surface area contributed by atoms with E-state index in [0.717, 1.165) is 70.6 Å². The third-order valence-corrected chi connectivity index (χ3v) is 10.9. The lowest BCUT2D eigenvalue weighted by atomic mass is 10.0. The van der Waals surface area contributed by atoms with Crippen LogP contribution in [-0.4, -0.2) is 34.9 Å². The number of amides is 1. The van der Waals surface area contributed by atoms with E-state index in [1.165, 1.54) is 148 Å². The summed E-state index contributed by atoms with van der Waals surface area (Å²) in [5.41, 5.74) is 0. The van der Waals surface area contributed by atoms with E-state index >= 15 is 0 Å². The number of rotatable bonds is 44. The second-order valence-electron chi connectivity index (χ2n) is 16.5. The van der Waals surface area contributed by atoms with E-state index in [1.54, 1.807) is 6.08 Å². The topological polar surface area (TPSA) is 69.6 Å². The quantitative estimate of drug-likeness (QED) is 0.0425. The molecule has 0 saturated heterocycles. The number of carbonyl (C=O) groups excluding carboxylic acids is 1. The van der Waals surface area contributed by atoms with Gasteiger partial charge in [0.25, 0.3) is 0 Å². The summed E-state index contributed by atoms with van der Waals surface area (Å²) < 4.78 is 0. The highest BCUT2D eigenvalue weighted by molar-refractivity contribution is 5.76. The Labute approximate surface area is 355 Å². The van der Waals surface area contributed by atoms with Crippen molar-refractivity contribution in [2.45, 2.75) is 251 Å². The number of aliphatic hydroxyl groups is 2. The van der Waals surface area contributed by atoms with Gasteiger partial charge in [0, 0.05) is 6.42 Å². The summed E-state index contributed by atoms with van der Waals surface area (Å²) in [5.74, 6) is -0.0959. The lowest BCUT2D eigenvalue weighted by Gasteiger charge is -2.19. The smallest absolute Gasteiger partial charge is 0.220 e. The Balaban J connectivity index is 3.59. The number of hydrogen-bond acceptors (Lipinski definition) is 3. The van der Waals surface area contributed by atoms with Crippen LogP contribution in [-0.2, 0) is 4.79 Å². The Morgan fingerprint density at radius 1 is 0.439 bits per heavy atom. The van der Waals surface area contributed by atoms with Gasteiger partial charge in [0.1, 0.15) is 0 Å². The average molecular weight is 794 g/mol. The van der Waals surface area contributed by atoms with Gasteiger partial charge in [-0.2, -0.15) is 0 Å². The molecule has 0 heterocycles. The normalized spacial score (nSPS) is 13.5. The van der Waals surface area contributed by atoms with Crippen LogP contribution in [0.2, 0.25) is 0 Å². The van der Waals surface area contributed by atoms with Crippen molar-refractivity contribution >= 4 is 5.91 Å². The van der Waals surface area contributed by atoms with E-state index < -0.39 is 12.1 Å².